The quantitative estimate of drug-likeness (QED) is 0.848. The SMILES string of the molecule is Cl.NCC1(C(=O)NC2CC(=O)N(c3ccccc3)C2)CCOCC1. The second-order valence-corrected chi connectivity index (χ2v) is 6.31. The largest absolute Gasteiger partial charge is 0.381 e. The van der Waals surface area contributed by atoms with Gasteiger partial charge in [0.05, 0.1) is 11.5 Å². The summed E-state index contributed by atoms with van der Waals surface area (Å²) >= 11 is 0. The zero-order valence-corrected chi connectivity index (χ0v) is 14.4. The standard InChI is InChI=1S/C17H23N3O3.ClH/c18-12-17(6-8-23-9-7-17)16(22)19-13-10-15(21)20(11-13)14-4-2-1-3-5-14;/h1-5,13H,6-12,18H2,(H,19,22);1H. The maximum absolute atomic E-state index is 12.7. The molecule has 0 bridgehead atoms. The average Bonchev–Trinajstić information content (AvgIpc) is 2.96. The van der Waals surface area contributed by atoms with Crippen molar-refractivity contribution in [2.45, 2.75) is 25.3 Å². The molecule has 1 unspecified atom stereocenters. The lowest BCUT2D eigenvalue weighted by molar-refractivity contribution is -0.136. The first-order chi connectivity index (χ1) is 11.1. The predicted molar refractivity (Wildman–Crippen MR) is 94.1 cm³/mol. The average molecular weight is 354 g/mol. The third-order valence-corrected chi connectivity index (χ3v) is 4.85. The van der Waals surface area contributed by atoms with Crippen LogP contribution in [-0.2, 0) is 14.3 Å². The molecule has 0 aliphatic carbocycles. The molecule has 0 radical (unpaired) electrons. The second-order valence-electron chi connectivity index (χ2n) is 6.31. The van der Waals surface area contributed by atoms with Crippen LogP contribution in [-0.4, -0.2) is 44.2 Å². The Hall–Kier alpha value is -1.63. The summed E-state index contributed by atoms with van der Waals surface area (Å²) in [5.41, 5.74) is 6.18. The number of nitrogens with two attached hydrogens (primary N) is 1. The Kier molecular flexibility index (Phi) is 6.21. The number of halogens is 1. The Bertz CT molecular complexity index is 576. The zero-order chi connectivity index (χ0) is 16.3. The van der Waals surface area contributed by atoms with Crippen molar-refractivity contribution in [3.05, 3.63) is 30.3 Å². The molecule has 0 saturated carbocycles. The predicted octanol–water partition coefficient (Wildman–Crippen LogP) is 1.09. The lowest BCUT2D eigenvalue weighted by Gasteiger charge is -2.35. The number of ether oxygens (including phenoxy) is 1. The fourth-order valence-corrected chi connectivity index (χ4v) is 3.29. The van der Waals surface area contributed by atoms with Crippen LogP contribution in [0, 0.1) is 5.41 Å². The number of para-hydroxylation sites is 1. The molecule has 0 aromatic heterocycles. The maximum Gasteiger partial charge on any atom is 0.229 e. The smallest absolute Gasteiger partial charge is 0.229 e. The highest BCUT2D eigenvalue weighted by Crippen LogP contribution is 2.30. The van der Waals surface area contributed by atoms with Crippen LogP contribution < -0.4 is 16.0 Å². The first kappa shape index (κ1) is 18.7. The molecule has 3 N–H and O–H groups in total. The number of carbonyl (C=O) groups is 2. The van der Waals surface area contributed by atoms with Gasteiger partial charge in [0.25, 0.3) is 0 Å². The van der Waals surface area contributed by atoms with Gasteiger partial charge in [0.1, 0.15) is 0 Å². The molecule has 2 fully saturated rings. The van der Waals surface area contributed by atoms with Gasteiger partial charge in [0.15, 0.2) is 0 Å². The summed E-state index contributed by atoms with van der Waals surface area (Å²) in [6, 6.07) is 9.37. The van der Waals surface area contributed by atoms with E-state index in [2.05, 4.69) is 5.32 Å². The Labute approximate surface area is 148 Å². The topological polar surface area (TPSA) is 84.7 Å². The number of rotatable bonds is 4. The molecule has 2 amide bonds. The highest BCUT2D eigenvalue weighted by molar-refractivity contribution is 5.97. The fourth-order valence-electron chi connectivity index (χ4n) is 3.29. The van der Waals surface area contributed by atoms with Gasteiger partial charge in [-0.15, -0.1) is 12.4 Å². The molecule has 24 heavy (non-hydrogen) atoms. The summed E-state index contributed by atoms with van der Waals surface area (Å²) in [6.45, 7) is 1.94. The van der Waals surface area contributed by atoms with E-state index in [1.165, 1.54) is 0 Å². The van der Waals surface area contributed by atoms with E-state index in [9.17, 15) is 9.59 Å². The van der Waals surface area contributed by atoms with Crippen LogP contribution >= 0.6 is 12.4 Å². The number of nitrogens with zero attached hydrogens (tertiary/aromatic N) is 1. The summed E-state index contributed by atoms with van der Waals surface area (Å²) in [5.74, 6) is -0.00807. The fraction of sp³-hybridized carbons (Fsp3) is 0.529. The van der Waals surface area contributed by atoms with Gasteiger partial charge in [-0.3, -0.25) is 9.59 Å². The van der Waals surface area contributed by atoms with Crippen LogP contribution in [0.2, 0.25) is 0 Å². The van der Waals surface area contributed by atoms with Gasteiger partial charge in [-0.05, 0) is 25.0 Å². The molecular weight excluding hydrogens is 330 g/mol. The Balaban J connectivity index is 0.00000208. The molecule has 132 valence electrons. The van der Waals surface area contributed by atoms with Crippen molar-refractivity contribution in [2.24, 2.45) is 11.1 Å². The van der Waals surface area contributed by atoms with E-state index in [4.69, 9.17) is 10.5 Å². The normalized spacial score (nSPS) is 22.8. The molecule has 6 nitrogen and oxygen atoms in total. The van der Waals surface area contributed by atoms with Crippen molar-refractivity contribution in [3.8, 4) is 0 Å². The lowest BCUT2D eigenvalue weighted by atomic mass is 9.79. The van der Waals surface area contributed by atoms with Crippen LogP contribution in [0.1, 0.15) is 19.3 Å². The van der Waals surface area contributed by atoms with Crippen molar-refractivity contribution < 1.29 is 14.3 Å². The van der Waals surface area contributed by atoms with Gasteiger partial charge >= 0.3 is 0 Å². The maximum atomic E-state index is 12.7. The number of hydrogen-bond acceptors (Lipinski definition) is 4. The first-order valence-electron chi connectivity index (χ1n) is 8.09. The molecular formula is C17H24ClN3O3. The Morgan fingerprint density at radius 1 is 1.29 bits per heavy atom. The summed E-state index contributed by atoms with van der Waals surface area (Å²) in [7, 11) is 0. The first-order valence-corrected chi connectivity index (χ1v) is 8.09. The minimum Gasteiger partial charge on any atom is -0.381 e. The van der Waals surface area contributed by atoms with E-state index < -0.39 is 5.41 Å². The number of carbonyl (C=O) groups excluding carboxylic acids is 2. The molecule has 3 rings (SSSR count). The van der Waals surface area contributed by atoms with E-state index >= 15 is 0 Å². The molecule has 1 aromatic rings. The van der Waals surface area contributed by atoms with Crippen LogP contribution in [0.3, 0.4) is 0 Å². The number of amides is 2. The monoisotopic (exact) mass is 353 g/mol. The van der Waals surface area contributed by atoms with Crippen molar-refractivity contribution in [1.82, 2.24) is 5.32 Å². The summed E-state index contributed by atoms with van der Waals surface area (Å²) in [5, 5.41) is 3.03. The number of benzene rings is 1. The lowest BCUT2D eigenvalue weighted by Crippen LogP contribution is -2.52. The van der Waals surface area contributed by atoms with Crippen molar-refractivity contribution in [1.29, 1.82) is 0 Å². The Morgan fingerprint density at radius 3 is 2.58 bits per heavy atom. The molecule has 2 saturated heterocycles. The highest BCUT2D eigenvalue weighted by atomic mass is 35.5. The van der Waals surface area contributed by atoms with Crippen molar-refractivity contribution in [2.75, 3.05) is 31.2 Å². The molecule has 2 heterocycles. The number of nitrogens with one attached hydrogen (secondary N) is 1. The molecule has 7 heteroatoms. The second kappa shape index (κ2) is 7.96. The minimum absolute atomic E-state index is 0. The minimum atomic E-state index is -0.554. The van der Waals surface area contributed by atoms with E-state index in [-0.39, 0.29) is 30.3 Å². The van der Waals surface area contributed by atoms with Gasteiger partial charge in [0.2, 0.25) is 11.8 Å². The van der Waals surface area contributed by atoms with E-state index in [1.807, 2.05) is 30.3 Å². The third kappa shape index (κ3) is 3.71. The van der Waals surface area contributed by atoms with Gasteiger partial charge in [-0.1, -0.05) is 18.2 Å². The molecule has 1 aromatic carbocycles. The van der Waals surface area contributed by atoms with E-state index in [1.54, 1.807) is 4.90 Å². The molecule has 2 aliphatic rings. The van der Waals surface area contributed by atoms with Gasteiger partial charge in [-0.2, -0.15) is 0 Å². The third-order valence-electron chi connectivity index (χ3n) is 4.85. The van der Waals surface area contributed by atoms with Crippen LogP contribution in [0.25, 0.3) is 0 Å². The molecule has 0 spiro atoms. The van der Waals surface area contributed by atoms with Crippen molar-refractivity contribution in [3.63, 3.8) is 0 Å². The van der Waals surface area contributed by atoms with E-state index in [0.29, 0.717) is 45.6 Å². The highest BCUT2D eigenvalue weighted by Gasteiger charge is 2.41. The van der Waals surface area contributed by atoms with Gasteiger partial charge in [-0.25, -0.2) is 0 Å². The van der Waals surface area contributed by atoms with Gasteiger partial charge < -0.3 is 20.7 Å². The Morgan fingerprint density at radius 2 is 1.96 bits per heavy atom. The van der Waals surface area contributed by atoms with Gasteiger partial charge in [0, 0.05) is 38.4 Å². The van der Waals surface area contributed by atoms with E-state index in [0.717, 1.165) is 5.69 Å². The van der Waals surface area contributed by atoms with Crippen LogP contribution in [0.5, 0.6) is 0 Å². The number of anilines is 1. The summed E-state index contributed by atoms with van der Waals surface area (Å²) in [6.07, 6.45) is 1.61. The zero-order valence-electron chi connectivity index (χ0n) is 13.6. The van der Waals surface area contributed by atoms with Crippen molar-refractivity contribution >= 4 is 29.9 Å². The molecule has 2 aliphatic heterocycles. The van der Waals surface area contributed by atoms with Crippen LogP contribution in [0.4, 0.5) is 5.69 Å². The molecule has 1 atom stereocenters. The van der Waals surface area contributed by atoms with Crippen LogP contribution in [0.15, 0.2) is 30.3 Å². The summed E-state index contributed by atoms with van der Waals surface area (Å²) in [4.78, 5) is 26.6. The summed E-state index contributed by atoms with van der Waals surface area (Å²) < 4.78 is 5.34. The number of hydrogen-bond donors (Lipinski definition) is 2.